The summed E-state index contributed by atoms with van der Waals surface area (Å²) in [5.41, 5.74) is 3.22. The van der Waals surface area contributed by atoms with E-state index in [1.165, 1.54) is 11.1 Å². The third kappa shape index (κ3) is 3.57. The van der Waals surface area contributed by atoms with Crippen molar-refractivity contribution >= 4 is 23.2 Å². The highest BCUT2D eigenvalue weighted by molar-refractivity contribution is 6.33. The van der Waals surface area contributed by atoms with Crippen LogP contribution in [0, 0.1) is 0 Å². The van der Waals surface area contributed by atoms with Gasteiger partial charge >= 0.3 is 0 Å². The van der Waals surface area contributed by atoms with E-state index in [1.54, 1.807) is 12.4 Å². The molecule has 0 bridgehead atoms. The Bertz CT molecular complexity index is 657. The number of nitrogens with zero attached hydrogens (tertiary/aromatic N) is 2. The molecule has 114 valence electrons. The normalized spacial score (nSPS) is 14.4. The third-order valence-corrected chi connectivity index (χ3v) is 4.12. The van der Waals surface area contributed by atoms with Crippen LogP contribution in [0.2, 0.25) is 5.02 Å². The van der Waals surface area contributed by atoms with E-state index in [0.717, 1.165) is 18.7 Å². The predicted octanol–water partition coefficient (Wildman–Crippen LogP) is 3.47. The Labute approximate surface area is 135 Å². The molecule has 0 unspecified atom stereocenters. The summed E-state index contributed by atoms with van der Waals surface area (Å²) in [7, 11) is 0. The van der Waals surface area contributed by atoms with Crippen LogP contribution in [0.5, 0.6) is 0 Å². The van der Waals surface area contributed by atoms with Crippen molar-refractivity contribution in [2.75, 3.05) is 11.9 Å². The van der Waals surface area contributed by atoms with Gasteiger partial charge in [-0.15, -0.1) is 0 Å². The number of aromatic nitrogens is 1. The molecule has 0 spiro atoms. The number of likely N-dealkylation sites (tertiary alicyclic amines) is 1. The molecule has 1 amide bonds. The maximum Gasteiger partial charge on any atom is 0.222 e. The fourth-order valence-corrected chi connectivity index (χ4v) is 2.76. The summed E-state index contributed by atoms with van der Waals surface area (Å²) in [6.45, 7) is 2.29. The van der Waals surface area contributed by atoms with Gasteiger partial charge in [0.1, 0.15) is 0 Å². The molecular formula is C17H18ClN3O. The number of halogens is 1. The highest BCUT2D eigenvalue weighted by Crippen LogP contribution is 2.20. The van der Waals surface area contributed by atoms with Crippen LogP contribution in [0.4, 0.5) is 5.69 Å². The molecule has 1 aliphatic heterocycles. The SMILES string of the molecule is O=C1CCCN1Cc1ccc(CNc2ccncc2Cl)cc1. The largest absolute Gasteiger partial charge is 0.380 e. The molecule has 5 heteroatoms. The number of hydrogen-bond acceptors (Lipinski definition) is 3. The molecule has 1 fully saturated rings. The molecule has 0 aliphatic carbocycles. The first-order valence-corrected chi connectivity index (χ1v) is 7.79. The van der Waals surface area contributed by atoms with Crippen LogP contribution in [0.3, 0.4) is 0 Å². The number of carbonyl (C=O) groups excluding carboxylic acids is 1. The Hall–Kier alpha value is -2.07. The molecular weight excluding hydrogens is 298 g/mol. The number of pyridine rings is 1. The van der Waals surface area contributed by atoms with Crippen molar-refractivity contribution in [3.8, 4) is 0 Å². The number of amides is 1. The second-order valence-electron chi connectivity index (χ2n) is 5.44. The van der Waals surface area contributed by atoms with Gasteiger partial charge in [0.2, 0.25) is 5.91 Å². The van der Waals surface area contributed by atoms with Gasteiger partial charge in [-0.1, -0.05) is 35.9 Å². The molecule has 4 nitrogen and oxygen atoms in total. The zero-order chi connectivity index (χ0) is 15.4. The van der Waals surface area contributed by atoms with Crippen LogP contribution in [0.1, 0.15) is 24.0 Å². The van der Waals surface area contributed by atoms with E-state index < -0.39 is 0 Å². The van der Waals surface area contributed by atoms with Crippen molar-refractivity contribution in [3.63, 3.8) is 0 Å². The fourth-order valence-electron chi connectivity index (χ4n) is 2.57. The zero-order valence-electron chi connectivity index (χ0n) is 12.3. The quantitative estimate of drug-likeness (QED) is 0.919. The van der Waals surface area contributed by atoms with E-state index in [9.17, 15) is 4.79 Å². The number of benzene rings is 1. The first-order chi connectivity index (χ1) is 10.7. The summed E-state index contributed by atoms with van der Waals surface area (Å²) < 4.78 is 0. The molecule has 1 aromatic carbocycles. The maximum absolute atomic E-state index is 11.6. The molecule has 2 heterocycles. The lowest BCUT2D eigenvalue weighted by Gasteiger charge is -2.15. The van der Waals surface area contributed by atoms with Crippen molar-refractivity contribution in [2.24, 2.45) is 0 Å². The first kappa shape index (κ1) is 14.9. The Morgan fingerprint density at radius 3 is 2.64 bits per heavy atom. The summed E-state index contributed by atoms with van der Waals surface area (Å²) >= 11 is 6.06. The molecule has 1 N–H and O–H groups in total. The third-order valence-electron chi connectivity index (χ3n) is 3.82. The monoisotopic (exact) mass is 315 g/mol. The number of rotatable bonds is 5. The van der Waals surface area contributed by atoms with Gasteiger partial charge in [-0.2, -0.15) is 0 Å². The lowest BCUT2D eigenvalue weighted by Crippen LogP contribution is -2.23. The second-order valence-corrected chi connectivity index (χ2v) is 5.85. The van der Waals surface area contributed by atoms with Crippen LogP contribution in [-0.4, -0.2) is 22.3 Å². The summed E-state index contributed by atoms with van der Waals surface area (Å²) in [5.74, 6) is 0.262. The minimum atomic E-state index is 0.262. The molecule has 1 aromatic heterocycles. The smallest absolute Gasteiger partial charge is 0.222 e. The number of carbonyl (C=O) groups is 1. The highest BCUT2D eigenvalue weighted by Gasteiger charge is 2.19. The van der Waals surface area contributed by atoms with Crippen LogP contribution < -0.4 is 5.32 Å². The number of nitrogens with one attached hydrogen (secondary N) is 1. The molecule has 0 atom stereocenters. The van der Waals surface area contributed by atoms with Gasteiger partial charge < -0.3 is 10.2 Å². The van der Waals surface area contributed by atoms with Crippen LogP contribution in [0.15, 0.2) is 42.7 Å². The van der Waals surface area contributed by atoms with Gasteiger partial charge in [-0.3, -0.25) is 9.78 Å². The van der Waals surface area contributed by atoms with E-state index >= 15 is 0 Å². The number of hydrogen-bond donors (Lipinski definition) is 1. The van der Waals surface area contributed by atoms with E-state index in [2.05, 4.69) is 34.6 Å². The highest BCUT2D eigenvalue weighted by atomic mass is 35.5. The maximum atomic E-state index is 11.6. The van der Waals surface area contributed by atoms with Gasteiger partial charge in [0.15, 0.2) is 0 Å². The molecule has 3 rings (SSSR count). The van der Waals surface area contributed by atoms with Crippen molar-refractivity contribution < 1.29 is 4.79 Å². The minimum Gasteiger partial charge on any atom is -0.380 e. The van der Waals surface area contributed by atoms with Crippen LogP contribution in [0.25, 0.3) is 0 Å². The summed E-state index contributed by atoms with van der Waals surface area (Å²) in [6, 6.07) is 10.2. The lowest BCUT2D eigenvalue weighted by atomic mass is 10.1. The Morgan fingerprint density at radius 2 is 1.95 bits per heavy atom. The van der Waals surface area contributed by atoms with E-state index in [-0.39, 0.29) is 5.91 Å². The van der Waals surface area contributed by atoms with Gasteiger partial charge in [-0.05, 0) is 23.6 Å². The van der Waals surface area contributed by atoms with Crippen molar-refractivity contribution in [1.29, 1.82) is 0 Å². The van der Waals surface area contributed by atoms with E-state index in [0.29, 0.717) is 24.5 Å². The zero-order valence-corrected chi connectivity index (χ0v) is 13.0. The van der Waals surface area contributed by atoms with Gasteiger partial charge in [0.25, 0.3) is 0 Å². The molecule has 0 radical (unpaired) electrons. The Balaban J connectivity index is 1.57. The topological polar surface area (TPSA) is 45.2 Å². The van der Waals surface area contributed by atoms with Gasteiger partial charge in [0, 0.05) is 38.4 Å². The Kier molecular flexibility index (Phi) is 4.59. The molecule has 1 aliphatic rings. The minimum absolute atomic E-state index is 0.262. The fraction of sp³-hybridized carbons (Fsp3) is 0.294. The van der Waals surface area contributed by atoms with Crippen LogP contribution in [-0.2, 0) is 17.9 Å². The van der Waals surface area contributed by atoms with Crippen molar-refractivity contribution in [3.05, 3.63) is 58.9 Å². The molecule has 0 saturated carbocycles. The first-order valence-electron chi connectivity index (χ1n) is 7.41. The Morgan fingerprint density at radius 1 is 1.18 bits per heavy atom. The molecule has 2 aromatic rings. The molecule has 1 saturated heterocycles. The summed E-state index contributed by atoms with van der Waals surface area (Å²) in [5, 5.41) is 3.91. The second kappa shape index (κ2) is 6.79. The lowest BCUT2D eigenvalue weighted by molar-refractivity contribution is -0.128. The van der Waals surface area contributed by atoms with Crippen LogP contribution >= 0.6 is 11.6 Å². The van der Waals surface area contributed by atoms with E-state index in [1.807, 2.05) is 11.0 Å². The van der Waals surface area contributed by atoms with Crippen molar-refractivity contribution in [1.82, 2.24) is 9.88 Å². The average Bonchev–Trinajstić information content (AvgIpc) is 2.93. The van der Waals surface area contributed by atoms with Crippen molar-refractivity contribution in [2.45, 2.75) is 25.9 Å². The number of anilines is 1. The standard InChI is InChI=1S/C17H18ClN3O/c18-15-11-19-8-7-16(15)20-10-13-3-5-14(6-4-13)12-21-9-1-2-17(21)22/h3-8,11H,1-2,9-10,12H2,(H,19,20). The molecule has 22 heavy (non-hydrogen) atoms. The van der Waals surface area contributed by atoms with E-state index in [4.69, 9.17) is 11.6 Å². The summed E-state index contributed by atoms with van der Waals surface area (Å²) in [4.78, 5) is 17.5. The summed E-state index contributed by atoms with van der Waals surface area (Å²) in [6.07, 6.45) is 5.01. The predicted molar refractivity (Wildman–Crippen MR) is 87.7 cm³/mol. The average molecular weight is 316 g/mol. The van der Waals surface area contributed by atoms with Gasteiger partial charge in [0.05, 0.1) is 10.7 Å². The van der Waals surface area contributed by atoms with Gasteiger partial charge in [-0.25, -0.2) is 0 Å².